The fourth-order valence-electron chi connectivity index (χ4n) is 9.18. The van der Waals surface area contributed by atoms with Gasteiger partial charge in [-0.05, 0) is 95.8 Å². The maximum Gasteiger partial charge on any atom is 0.143 e. The first-order valence-electron chi connectivity index (χ1n) is 27.3. The van der Waals surface area contributed by atoms with Crippen LogP contribution in [0.4, 0.5) is 0 Å². The molecule has 0 saturated carbocycles. The van der Waals surface area contributed by atoms with Crippen LogP contribution >= 0.6 is 0 Å². The standard InChI is InChI=1S/C64H82O16/c1-7-71-35-37-73-39-41-75-43-45-77-59(47-79-63(49-15-11-9-12-16-49,51-19-27-55(67-3)28-20-51)52-21-29-56(68-4)30-22-52)61(65)62(66)60(78-46-44-76-42-40-74-38-36-72-8-2)48-80-64(50-17-13-10-14-18-50,53-23-31-57(69-5)32-24-53)54-25-33-58(70-6)34-26-54/h9-34,59-62,65-66H,7-8,35-48H2,1-6H3/t59-,60-,61-,62-/m1/s1. The molecule has 4 atom stereocenters. The molecular formula is C64H82O16. The van der Waals surface area contributed by atoms with E-state index in [2.05, 4.69) is 0 Å². The summed E-state index contributed by atoms with van der Waals surface area (Å²) < 4.78 is 84.1. The van der Waals surface area contributed by atoms with Gasteiger partial charge in [-0.3, -0.25) is 0 Å². The number of methoxy groups -OCH3 is 4. The number of aliphatic hydroxyl groups excluding tert-OH is 2. The highest BCUT2D eigenvalue weighted by atomic mass is 16.6. The first kappa shape index (κ1) is 63.2. The Bertz CT molecular complexity index is 2260. The van der Waals surface area contributed by atoms with Gasteiger partial charge in [0.2, 0.25) is 0 Å². The van der Waals surface area contributed by atoms with Crippen LogP contribution in [0.5, 0.6) is 23.0 Å². The molecule has 0 bridgehead atoms. The maximum absolute atomic E-state index is 12.8. The van der Waals surface area contributed by atoms with Crippen molar-refractivity contribution < 1.29 is 76.5 Å². The van der Waals surface area contributed by atoms with Gasteiger partial charge < -0.3 is 76.5 Å². The Morgan fingerprint density at radius 3 is 0.800 bits per heavy atom. The van der Waals surface area contributed by atoms with E-state index in [4.69, 9.17) is 66.3 Å². The zero-order valence-electron chi connectivity index (χ0n) is 47.2. The lowest BCUT2D eigenvalue weighted by Crippen LogP contribution is -2.52. The molecule has 16 nitrogen and oxygen atoms in total. The molecule has 0 heterocycles. The summed E-state index contributed by atoms with van der Waals surface area (Å²) in [5, 5.41) is 25.6. The predicted octanol–water partition coefficient (Wildman–Crippen LogP) is 8.67. The van der Waals surface area contributed by atoms with Crippen LogP contribution < -0.4 is 18.9 Å². The summed E-state index contributed by atoms with van der Waals surface area (Å²) in [4.78, 5) is 0. The quantitative estimate of drug-likeness (QED) is 0.0276. The minimum Gasteiger partial charge on any atom is -0.497 e. The van der Waals surface area contributed by atoms with Gasteiger partial charge in [0.25, 0.3) is 0 Å². The third kappa shape index (κ3) is 18.0. The zero-order chi connectivity index (χ0) is 56.7. The molecule has 0 aliphatic heterocycles. The first-order chi connectivity index (χ1) is 39.3. The van der Waals surface area contributed by atoms with Crippen molar-refractivity contribution >= 4 is 0 Å². The lowest BCUT2D eigenvalue weighted by molar-refractivity contribution is -0.181. The van der Waals surface area contributed by atoms with Crippen LogP contribution in [0.15, 0.2) is 158 Å². The highest BCUT2D eigenvalue weighted by molar-refractivity contribution is 5.51. The van der Waals surface area contributed by atoms with E-state index in [1.807, 2.05) is 172 Å². The van der Waals surface area contributed by atoms with E-state index >= 15 is 0 Å². The summed E-state index contributed by atoms with van der Waals surface area (Å²) >= 11 is 0. The number of ether oxygens (including phenoxy) is 14. The Hall–Kier alpha value is -5.96. The van der Waals surface area contributed by atoms with Gasteiger partial charge in [0.1, 0.15) is 58.6 Å². The van der Waals surface area contributed by atoms with Crippen LogP contribution in [-0.4, -0.2) is 169 Å². The van der Waals surface area contributed by atoms with Crippen LogP contribution in [0.1, 0.15) is 47.2 Å². The first-order valence-corrected chi connectivity index (χ1v) is 27.3. The summed E-state index contributed by atoms with van der Waals surface area (Å²) in [6.07, 6.45) is -5.65. The van der Waals surface area contributed by atoms with Gasteiger partial charge in [-0.1, -0.05) is 109 Å². The van der Waals surface area contributed by atoms with Gasteiger partial charge in [0.05, 0.1) is 121 Å². The number of hydrogen-bond donors (Lipinski definition) is 2. The molecule has 6 rings (SSSR count). The Labute approximate surface area is 472 Å². The minimum atomic E-state index is -1.64. The second kappa shape index (κ2) is 35.0. The molecule has 0 aromatic heterocycles. The zero-order valence-corrected chi connectivity index (χ0v) is 47.2. The van der Waals surface area contributed by atoms with Gasteiger partial charge >= 0.3 is 0 Å². The van der Waals surface area contributed by atoms with E-state index in [0.29, 0.717) is 89.1 Å². The van der Waals surface area contributed by atoms with Crippen molar-refractivity contribution in [3.63, 3.8) is 0 Å². The molecule has 6 aromatic carbocycles. The monoisotopic (exact) mass is 1110 g/mol. The fraction of sp³-hybridized carbons (Fsp3) is 0.438. The van der Waals surface area contributed by atoms with E-state index in [1.54, 1.807) is 28.4 Å². The smallest absolute Gasteiger partial charge is 0.143 e. The predicted molar refractivity (Wildman–Crippen MR) is 304 cm³/mol. The van der Waals surface area contributed by atoms with E-state index in [1.165, 1.54) is 0 Å². The van der Waals surface area contributed by atoms with E-state index in [-0.39, 0.29) is 39.6 Å². The van der Waals surface area contributed by atoms with Crippen molar-refractivity contribution in [3.05, 3.63) is 191 Å². The fourth-order valence-corrected chi connectivity index (χ4v) is 9.18. The van der Waals surface area contributed by atoms with Crippen LogP contribution in [0, 0.1) is 0 Å². The Kier molecular flexibility index (Phi) is 27.7. The van der Waals surface area contributed by atoms with Crippen molar-refractivity contribution in [3.8, 4) is 23.0 Å². The van der Waals surface area contributed by atoms with Gasteiger partial charge in [-0.2, -0.15) is 0 Å². The summed E-state index contributed by atoms with van der Waals surface area (Å²) in [5.74, 6) is 2.63. The average Bonchev–Trinajstić information content (AvgIpc) is 3.68. The van der Waals surface area contributed by atoms with Crippen molar-refractivity contribution in [2.24, 2.45) is 0 Å². The highest BCUT2D eigenvalue weighted by Crippen LogP contribution is 2.44. The van der Waals surface area contributed by atoms with Gasteiger partial charge in [-0.25, -0.2) is 0 Å². The van der Waals surface area contributed by atoms with Gasteiger partial charge in [-0.15, -0.1) is 0 Å². The number of benzene rings is 6. The molecule has 0 amide bonds. The van der Waals surface area contributed by atoms with Gasteiger partial charge in [0, 0.05) is 13.2 Å². The molecule has 0 spiro atoms. The topological polar surface area (TPSA) is 170 Å². The van der Waals surface area contributed by atoms with E-state index in [0.717, 1.165) is 33.4 Å². The molecule has 0 aliphatic carbocycles. The Morgan fingerprint density at radius 1 is 0.312 bits per heavy atom. The second-order valence-electron chi connectivity index (χ2n) is 18.3. The molecule has 0 saturated heterocycles. The maximum atomic E-state index is 12.8. The third-order valence-electron chi connectivity index (χ3n) is 13.4. The summed E-state index contributed by atoms with van der Waals surface area (Å²) in [7, 11) is 6.46. The third-order valence-corrected chi connectivity index (χ3v) is 13.4. The molecular weight excluding hydrogens is 1020 g/mol. The van der Waals surface area contributed by atoms with Crippen molar-refractivity contribution in [1.29, 1.82) is 0 Å². The molecule has 0 aliphatic rings. The molecule has 6 aromatic rings. The lowest BCUT2D eigenvalue weighted by Gasteiger charge is -2.40. The number of hydrogen-bond acceptors (Lipinski definition) is 16. The molecule has 16 heteroatoms. The van der Waals surface area contributed by atoms with E-state index < -0.39 is 35.6 Å². The highest BCUT2D eigenvalue weighted by Gasteiger charge is 2.43. The minimum absolute atomic E-state index is 0.0225. The lowest BCUT2D eigenvalue weighted by atomic mass is 9.79. The summed E-state index contributed by atoms with van der Waals surface area (Å²) in [5.41, 5.74) is 2.05. The average molecular weight is 1110 g/mol. The molecule has 0 radical (unpaired) electrons. The Morgan fingerprint density at radius 2 is 0.550 bits per heavy atom. The normalized spacial score (nSPS) is 13.3. The summed E-state index contributed by atoms with van der Waals surface area (Å²) in [6.45, 7) is 8.11. The van der Waals surface area contributed by atoms with Crippen LogP contribution in [-0.2, 0) is 58.6 Å². The van der Waals surface area contributed by atoms with Crippen molar-refractivity contribution in [2.75, 3.05) is 134 Å². The van der Waals surface area contributed by atoms with Crippen LogP contribution in [0.2, 0.25) is 0 Å². The second-order valence-corrected chi connectivity index (χ2v) is 18.3. The van der Waals surface area contributed by atoms with Crippen LogP contribution in [0.3, 0.4) is 0 Å². The van der Waals surface area contributed by atoms with Gasteiger partial charge in [0.15, 0.2) is 0 Å². The summed E-state index contributed by atoms with van der Waals surface area (Å²) in [6, 6.07) is 50.2. The molecule has 0 unspecified atom stereocenters. The molecule has 80 heavy (non-hydrogen) atoms. The largest absolute Gasteiger partial charge is 0.497 e. The van der Waals surface area contributed by atoms with E-state index in [9.17, 15) is 10.2 Å². The molecule has 434 valence electrons. The number of aliphatic hydroxyl groups is 2. The van der Waals surface area contributed by atoms with Crippen molar-refractivity contribution in [2.45, 2.75) is 49.5 Å². The molecule has 2 N–H and O–H groups in total. The van der Waals surface area contributed by atoms with Crippen LogP contribution in [0.25, 0.3) is 0 Å². The SMILES string of the molecule is CCOCCOCCOCCO[C@H](COC(c1ccccc1)(c1ccc(OC)cc1)c1ccc(OC)cc1)[C@@H](O)[C@H](O)[C@@H](COC(c1ccccc1)(c1ccc(OC)cc1)c1ccc(OC)cc1)OCCOCCOCCOCC. The molecule has 0 fully saturated rings. The number of rotatable bonds is 41. The van der Waals surface area contributed by atoms with Crippen molar-refractivity contribution in [1.82, 2.24) is 0 Å². The Balaban J connectivity index is 1.38.